The summed E-state index contributed by atoms with van der Waals surface area (Å²) in [4.78, 5) is 0. The minimum Gasteiger partial charge on any atom is -0.279 e. The van der Waals surface area contributed by atoms with E-state index in [1.54, 1.807) is 0 Å². The molecule has 0 unspecified atom stereocenters. The Kier molecular flexibility index (Phi) is 4.03. The standard InChI is InChI=1S/C11H16N2/c1-3-10(4-2)12-13-11-8-6-5-7-9-11/h5-9,13H,3-4H2,1-2H3. The van der Waals surface area contributed by atoms with E-state index in [-0.39, 0.29) is 0 Å². The van der Waals surface area contributed by atoms with Gasteiger partial charge in [-0.15, -0.1) is 0 Å². The lowest BCUT2D eigenvalue weighted by Gasteiger charge is -2.02. The molecule has 1 rings (SSSR count). The van der Waals surface area contributed by atoms with Crippen LogP contribution in [0.5, 0.6) is 0 Å². The summed E-state index contributed by atoms with van der Waals surface area (Å²) in [5.74, 6) is 0. The second kappa shape index (κ2) is 5.36. The molecule has 0 saturated carbocycles. The van der Waals surface area contributed by atoms with Gasteiger partial charge in [-0.2, -0.15) is 5.10 Å². The van der Waals surface area contributed by atoms with Gasteiger partial charge in [-0.05, 0) is 25.0 Å². The summed E-state index contributed by atoms with van der Waals surface area (Å²) >= 11 is 0. The van der Waals surface area contributed by atoms with Crippen molar-refractivity contribution >= 4 is 11.4 Å². The van der Waals surface area contributed by atoms with Gasteiger partial charge in [0, 0.05) is 5.71 Å². The molecule has 1 aromatic rings. The largest absolute Gasteiger partial charge is 0.279 e. The molecule has 0 heterocycles. The molecule has 0 radical (unpaired) electrons. The first-order valence-electron chi connectivity index (χ1n) is 4.73. The van der Waals surface area contributed by atoms with E-state index in [1.165, 1.54) is 5.71 Å². The average Bonchev–Trinajstić information content (AvgIpc) is 2.21. The van der Waals surface area contributed by atoms with E-state index in [9.17, 15) is 0 Å². The lowest BCUT2D eigenvalue weighted by Crippen LogP contribution is -1.98. The van der Waals surface area contributed by atoms with Gasteiger partial charge in [-0.25, -0.2) is 0 Å². The third-order valence-electron chi connectivity index (χ3n) is 1.93. The number of rotatable bonds is 4. The van der Waals surface area contributed by atoms with Crippen molar-refractivity contribution in [3.05, 3.63) is 30.3 Å². The summed E-state index contributed by atoms with van der Waals surface area (Å²) in [6.07, 6.45) is 2.02. The number of hydrazone groups is 1. The normalized spacial score (nSPS) is 9.38. The summed E-state index contributed by atoms with van der Waals surface area (Å²) in [5, 5.41) is 4.30. The fourth-order valence-corrected chi connectivity index (χ4v) is 1.06. The Balaban J connectivity index is 2.55. The van der Waals surface area contributed by atoms with Gasteiger partial charge in [-0.3, -0.25) is 5.43 Å². The van der Waals surface area contributed by atoms with E-state index in [0.717, 1.165) is 18.5 Å². The van der Waals surface area contributed by atoms with Crippen LogP contribution in [-0.4, -0.2) is 5.71 Å². The van der Waals surface area contributed by atoms with Crippen molar-refractivity contribution in [2.24, 2.45) is 5.10 Å². The molecule has 2 nitrogen and oxygen atoms in total. The second-order valence-electron chi connectivity index (χ2n) is 2.86. The van der Waals surface area contributed by atoms with Crippen molar-refractivity contribution in [2.75, 3.05) is 5.43 Å². The van der Waals surface area contributed by atoms with Crippen molar-refractivity contribution in [3.63, 3.8) is 0 Å². The molecule has 0 fully saturated rings. The molecule has 2 heteroatoms. The highest BCUT2D eigenvalue weighted by atomic mass is 15.3. The lowest BCUT2D eigenvalue weighted by molar-refractivity contribution is 1.12. The Hall–Kier alpha value is -1.31. The average molecular weight is 176 g/mol. The zero-order valence-corrected chi connectivity index (χ0v) is 8.25. The zero-order valence-electron chi connectivity index (χ0n) is 8.25. The van der Waals surface area contributed by atoms with Crippen LogP contribution in [0.25, 0.3) is 0 Å². The van der Waals surface area contributed by atoms with E-state index >= 15 is 0 Å². The third kappa shape index (κ3) is 3.28. The van der Waals surface area contributed by atoms with Crippen LogP contribution in [0.2, 0.25) is 0 Å². The maximum absolute atomic E-state index is 4.30. The van der Waals surface area contributed by atoms with E-state index in [2.05, 4.69) is 24.4 Å². The molecule has 0 aliphatic rings. The molecular weight excluding hydrogens is 160 g/mol. The van der Waals surface area contributed by atoms with Crippen LogP contribution in [0.3, 0.4) is 0 Å². The van der Waals surface area contributed by atoms with Crippen LogP contribution in [0.4, 0.5) is 5.69 Å². The van der Waals surface area contributed by atoms with E-state index in [4.69, 9.17) is 0 Å². The summed E-state index contributed by atoms with van der Waals surface area (Å²) in [6, 6.07) is 10.00. The molecule has 13 heavy (non-hydrogen) atoms. The number of hydrogen-bond donors (Lipinski definition) is 1. The molecule has 0 spiro atoms. The van der Waals surface area contributed by atoms with Gasteiger partial charge in [0.2, 0.25) is 0 Å². The molecule has 1 N–H and O–H groups in total. The quantitative estimate of drug-likeness (QED) is 0.552. The fourth-order valence-electron chi connectivity index (χ4n) is 1.06. The Morgan fingerprint density at radius 3 is 2.31 bits per heavy atom. The molecule has 0 aliphatic carbocycles. The number of nitrogens with zero attached hydrogens (tertiary/aromatic N) is 1. The van der Waals surface area contributed by atoms with Crippen LogP contribution < -0.4 is 5.43 Å². The zero-order chi connectivity index (χ0) is 9.52. The van der Waals surface area contributed by atoms with Gasteiger partial charge in [0.05, 0.1) is 5.69 Å². The van der Waals surface area contributed by atoms with Gasteiger partial charge in [-0.1, -0.05) is 32.0 Å². The smallest absolute Gasteiger partial charge is 0.0561 e. The van der Waals surface area contributed by atoms with Gasteiger partial charge < -0.3 is 0 Å². The fraction of sp³-hybridized carbons (Fsp3) is 0.364. The Morgan fingerprint density at radius 1 is 1.15 bits per heavy atom. The predicted molar refractivity (Wildman–Crippen MR) is 58.1 cm³/mol. The number of benzene rings is 1. The highest BCUT2D eigenvalue weighted by Crippen LogP contribution is 2.05. The summed E-state index contributed by atoms with van der Waals surface area (Å²) in [5.41, 5.74) is 5.28. The Morgan fingerprint density at radius 2 is 1.77 bits per heavy atom. The van der Waals surface area contributed by atoms with Gasteiger partial charge in [0.1, 0.15) is 0 Å². The predicted octanol–water partition coefficient (Wildman–Crippen LogP) is 3.27. The maximum Gasteiger partial charge on any atom is 0.0561 e. The van der Waals surface area contributed by atoms with E-state index < -0.39 is 0 Å². The maximum atomic E-state index is 4.30. The second-order valence-corrected chi connectivity index (χ2v) is 2.86. The SMILES string of the molecule is CCC(CC)=NNc1ccccc1. The van der Waals surface area contributed by atoms with Crippen LogP contribution in [0, 0.1) is 0 Å². The van der Waals surface area contributed by atoms with Crippen LogP contribution in [0.15, 0.2) is 35.4 Å². The van der Waals surface area contributed by atoms with Crippen molar-refractivity contribution in [2.45, 2.75) is 26.7 Å². The van der Waals surface area contributed by atoms with Crippen LogP contribution in [0.1, 0.15) is 26.7 Å². The third-order valence-corrected chi connectivity index (χ3v) is 1.93. The minimum absolute atomic E-state index is 1.01. The van der Waals surface area contributed by atoms with E-state index in [0.29, 0.717) is 0 Å². The molecule has 0 amide bonds. The van der Waals surface area contributed by atoms with E-state index in [1.807, 2.05) is 30.3 Å². The molecule has 0 aromatic heterocycles. The lowest BCUT2D eigenvalue weighted by atomic mass is 10.2. The van der Waals surface area contributed by atoms with Crippen molar-refractivity contribution in [3.8, 4) is 0 Å². The molecule has 0 bridgehead atoms. The summed E-state index contributed by atoms with van der Waals surface area (Å²) < 4.78 is 0. The summed E-state index contributed by atoms with van der Waals surface area (Å²) in [6.45, 7) is 4.24. The number of anilines is 1. The number of para-hydroxylation sites is 1. The van der Waals surface area contributed by atoms with Crippen LogP contribution in [-0.2, 0) is 0 Å². The first kappa shape index (κ1) is 9.78. The highest BCUT2D eigenvalue weighted by molar-refractivity contribution is 5.84. The first-order valence-corrected chi connectivity index (χ1v) is 4.73. The van der Waals surface area contributed by atoms with Crippen LogP contribution >= 0.6 is 0 Å². The Labute approximate surface area is 79.7 Å². The van der Waals surface area contributed by atoms with Gasteiger partial charge in [0.15, 0.2) is 0 Å². The first-order chi connectivity index (χ1) is 6.36. The van der Waals surface area contributed by atoms with Gasteiger partial charge in [0.25, 0.3) is 0 Å². The molecular formula is C11H16N2. The molecule has 0 atom stereocenters. The van der Waals surface area contributed by atoms with Crippen molar-refractivity contribution in [1.82, 2.24) is 0 Å². The molecule has 70 valence electrons. The minimum atomic E-state index is 1.01. The molecule has 0 saturated heterocycles. The van der Waals surface area contributed by atoms with Crippen molar-refractivity contribution in [1.29, 1.82) is 0 Å². The monoisotopic (exact) mass is 176 g/mol. The van der Waals surface area contributed by atoms with Crippen molar-refractivity contribution < 1.29 is 0 Å². The Bertz CT molecular complexity index is 259. The highest BCUT2D eigenvalue weighted by Gasteiger charge is 1.91. The van der Waals surface area contributed by atoms with Gasteiger partial charge >= 0.3 is 0 Å². The molecule has 1 aromatic carbocycles. The number of nitrogens with one attached hydrogen (secondary N) is 1. The summed E-state index contributed by atoms with van der Waals surface area (Å²) in [7, 11) is 0. The number of hydrogen-bond acceptors (Lipinski definition) is 2. The molecule has 0 aliphatic heterocycles. The topological polar surface area (TPSA) is 24.4 Å².